The third-order valence-corrected chi connectivity index (χ3v) is 6.56. The molecule has 0 bridgehead atoms. The molecule has 1 aliphatic carbocycles. The fourth-order valence-electron chi connectivity index (χ4n) is 4.04. The largest absolute Gasteiger partial charge is 0.366 e. The van der Waals surface area contributed by atoms with E-state index < -0.39 is 16.8 Å². The number of rotatable bonds is 2. The Morgan fingerprint density at radius 2 is 1.89 bits per heavy atom. The number of carbonyl (C=O) groups is 1. The van der Waals surface area contributed by atoms with Crippen molar-refractivity contribution in [2.75, 3.05) is 31.1 Å². The first-order valence-corrected chi connectivity index (χ1v) is 10.2. The summed E-state index contributed by atoms with van der Waals surface area (Å²) in [5, 5.41) is 0.360. The minimum Gasteiger partial charge on any atom is -0.366 e. The van der Waals surface area contributed by atoms with Crippen molar-refractivity contribution in [3.8, 4) is 0 Å². The van der Waals surface area contributed by atoms with Crippen LogP contribution in [0.2, 0.25) is 0 Å². The third kappa shape index (κ3) is 2.56. The number of pyridine rings is 1. The van der Waals surface area contributed by atoms with E-state index in [2.05, 4.69) is 4.37 Å². The molecule has 1 saturated carbocycles. The number of hydrogen-bond donors (Lipinski definition) is 1. The molecular weight excluding hydrogens is 383 g/mol. The zero-order valence-corrected chi connectivity index (χ0v) is 16.1. The number of fused-ring (bicyclic) bond motifs is 2. The summed E-state index contributed by atoms with van der Waals surface area (Å²) in [4.78, 5) is 40.8. The van der Waals surface area contributed by atoms with Gasteiger partial charge in [-0.15, -0.1) is 0 Å². The van der Waals surface area contributed by atoms with Crippen molar-refractivity contribution in [2.45, 2.75) is 25.8 Å². The number of aromatic nitrogens is 2. The molecule has 146 valence electrons. The van der Waals surface area contributed by atoms with E-state index in [0.717, 1.165) is 24.4 Å². The number of carbonyl (C=O) groups excluding carboxylic acids is 1. The van der Waals surface area contributed by atoms with Crippen LogP contribution in [0, 0.1) is 5.82 Å². The lowest BCUT2D eigenvalue weighted by atomic mass is 10.1. The Morgan fingerprint density at radius 1 is 1.18 bits per heavy atom. The van der Waals surface area contributed by atoms with Crippen LogP contribution in [-0.2, 0) is 4.79 Å². The summed E-state index contributed by atoms with van der Waals surface area (Å²) in [5.41, 5.74) is 0.273. The van der Waals surface area contributed by atoms with Gasteiger partial charge in [0.05, 0.1) is 11.2 Å². The molecule has 1 N–H and O–H groups in total. The van der Waals surface area contributed by atoms with Crippen LogP contribution >= 0.6 is 11.5 Å². The zero-order chi connectivity index (χ0) is 19.6. The molecule has 2 aromatic heterocycles. The number of piperazine rings is 1. The highest BCUT2D eigenvalue weighted by Crippen LogP contribution is 2.40. The van der Waals surface area contributed by atoms with Gasteiger partial charge in [-0.2, -0.15) is 0 Å². The number of halogens is 1. The fourth-order valence-corrected chi connectivity index (χ4v) is 4.96. The van der Waals surface area contributed by atoms with Crippen molar-refractivity contribution in [3.63, 3.8) is 0 Å². The summed E-state index contributed by atoms with van der Waals surface area (Å²) in [5.74, 6) is -0.458. The molecule has 0 atom stereocenters. The Hall–Kier alpha value is -2.68. The molecule has 2 aliphatic rings. The van der Waals surface area contributed by atoms with Gasteiger partial charge in [0.1, 0.15) is 16.0 Å². The number of nitrogens with zero attached hydrogens (tertiary/aromatic N) is 3. The second kappa shape index (κ2) is 6.16. The van der Waals surface area contributed by atoms with E-state index >= 15 is 0 Å². The maximum absolute atomic E-state index is 15.0. The molecule has 9 heteroatoms. The number of hydrogen-bond acceptors (Lipinski definition) is 5. The van der Waals surface area contributed by atoms with E-state index in [4.69, 9.17) is 0 Å². The summed E-state index contributed by atoms with van der Waals surface area (Å²) < 4.78 is 19.6. The summed E-state index contributed by atoms with van der Waals surface area (Å²) >= 11 is 1.16. The SMILES string of the molecule is CC(=O)N1CCN(c2cc3c(cc2F)c(=O)c2c(=O)[nH]sc2n3C2CC2)CC1. The fraction of sp³-hybridized carbons (Fsp3) is 0.421. The topological polar surface area (TPSA) is 78.4 Å². The van der Waals surface area contributed by atoms with Gasteiger partial charge in [0.25, 0.3) is 5.56 Å². The van der Waals surface area contributed by atoms with E-state index in [1.807, 2.05) is 9.47 Å². The molecule has 3 aromatic rings. The molecule has 2 fully saturated rings. The standard InChI is InChI=1S/C19H19FN4O3S/c1-10(25)22-4-6-23(7-5-22)15-9-14-12(8-13(15)20)17(26)16-18(27)21-28-19(16)24(14)11-2-3-11/h8-9,11H,2-7H2,1H3,(H,21,27). The van der Waals surface area contributed by atoms with Gasteiger partial charge in [-0.1, -0.05) is 0 Å². The molecule has 5 rings (SSSR count). The summed E-state index contributed by atoms with van der Waals surface area (Å²) in [6, 6.07) is 3.22. The van der Waals surface area contributed by atoms with Gasteiger partial charge in [0.15, 0.2) is 0 Å². The predicted octanol–water partition coefficient (Wildman–Crippen LogP) is 2.05. The average molecular weight is 402 g/mol. The van der Waals surface area contributed by atoms with Gasteiger partial charge in [-0.3, -0.25) is 18.8 Å². The molecule has 0 radical (unpaired) electrons. The first-order chi connectivity index (χ1) is 13.5. The van der Waals surface area contributed by atoms with E-state index in [9.17, 15) is 18.8 Å². The Balaban J connectivity index is 1.69. The van der Waals surface area contributed by atoms with Gasteiger partial charge in [0.2, 0.25) is 11.3 Å². The summed E-state index contributed by atoms with van der Waals surface area (Å²) in [7, 11) is 0. The van der Waals surface area contributed by atoms with Crippen LogP contribution in [0.5, 0.6) is 0 Å². The van der Waals surface area contributed by atoms with Crippen molar-refractivity contribution >= 4 is 44.2 Å². The Bertz CT molecular complexity index is 1230. The molecule has 7 nitrogen and oxygen atoms in total. The van der Waals surface area contributed by atoms with Crippen molar-refractivity contribution in [1.29, 1.82) is 0 Å². The van der Waals surface area contributed by atoms with Crippen LogP contribution in [0.3, 0.4) is 0 Å². The van der Waals surface area contributed by atoms with Crippen LogP contribution in [0.25, 0.3) is 21.1 Å². The predicted molar refractivity (Wildman–Crippen MR) is 107 cm³/mol. The first kappa shape index (κ1) is 17.4. The van der Waals surface area contributed by atoms with Gasteiger partial charge < -0.3 is 14.4 Å². The van der Waals surface area contributed by atoms with Crippen LogP contribution < -0.4 is 15.9 Å². The van der Waals surface area contributed by atoms with Gasteiger partial charge in [0, 0.05) is 44.5 Å². The molecule has 1 saturated heterocycles. The van der Waals surface area contributed by atoms with Crippen LogP contribution in [-0.4, -0.2) is 45.9 Å². The minimum atomic E-state index is -0.478. The number of aromatic amines is 1. The number of amides is 1. The van der Waals surface area contributed by atoms with E-state index in [1.165, 1.54) is 13.0 Å². The molecule has 0 spiro atoms. The Labute approximate surface area is 163 Å². The first-order valence-electron chi connectivity index (χ1n) is 9.35. The molecule has 3 heterocycles. The molecule has 0 unspecified atom stereocenters. The number of benzene rings is 1. The lowest BCUT2D eigenvalue weighted by Crippen LogP contribution is -2.48. The van der Waals surface area contributed by atoms with Gasteiger partial charge in [-0.25, -0.2) is 4.39 Å². The molecule has 1 aliphatic heterocycles. The summed E-state index contributed by atoms with van der Waals surface area (Å²) in [6.07, 6.45) is 1.95. The van der Waals surface area contributed by atoms with Crippen LogP contribution in [0.1, 0.15) is 25.8 Å². The van der Waals surface area contributed by atoms with Crippen LogP contribution in [0.15, 0.2) is 21.7 Å². The monoisotopic (exact) mass is 402 g/mol. The van der Waals surface area contributed by atoms with E-state index in [1.54, 1.807) is 11.0 Å². The van der Waals surface area contributed by atoms with Crippen molar-refractivity contribution in [2.24, 2.45) is 0 Å². The lowest BCUT2D eigenvalue weighted by Gasteiger charge is -2.36. The second-order valence-electron chi connectivity index (χ2n) is 7.46. The number of H-pyrrole nitrogens is 1. The summed E-state index contributed by atoms with van der Waals surface area (Å²) in [6.45, 7) is 3.69. The Morgan fingerprint density at radius 3 is 2.54 bits per heavy atom. The average Bonchev–Trinajstić information content (AvgIpc) is 3.44. The van der Waals surface area contributed by atoms with E-state index in [-0.39, 0.29) is 22.7 Å². The lowest BCUT2D eigenvalue weighted by molar-refractivity contribution is -0.129. The van der Waals surface area contributed by atoms with Gasteiger partial charge >= 0.3 is 0 Å². The highest BCUT2D eigenvalue weighted by Gasteiger charge is 2.30. The smallest absolute Gasteiger partial charge is 0.271 e. The second-order valence-corrected chi connectivity index (χ2v) is 8.25. The maximum atomic E-state index is 15.0. The Kier molecular flexibility index (Phi) is 3.84. The number of nitrogens with one attached hydrogen (secondary N) is 1. The molecule has 1 aromatic carbocycles. The number of anilines is 1. The zero-order valence-electron chi connectivity index (χ0n) is 15.3. The van der Waals surface area contributed by atoms with Crippen LogP contribution in [0.4, 0.5) is 10.1 Å². The normalized spacial score (nSPS) is 17.6. The maximum Gasteiger partial charge on any atom is 0.271 e. The van der Waals surface area contributed by atoms with Crippen molar-refractivity contribution in [3.05, 3.63) is 38.5 Å². The minimum absolute atomic E-state index is 0.0194. The third-order valence-electron chi connectivity index (χ3n) is 5.67. The highest BCUT2D eigenvalue weighted by molar-refractivity contribution is 7.12. The highest BCUT2D eigenvalue weighted by atomic mass is 32.1. The van der Waals surface area contributed by atoms with Crippen molar-refractivity contribution in [1.82, 2.24) is 13.8 Å². The molecule has 28 heavy (non-hydrogen) atoms. The quantitative estimate of drug-likeness (QED) is 0.712. The molecular formula is C19H19FN4O3S. The van der Waals surface area contributed by atoms with Crippen molar-refractivity contribution < 1.29 is 9.18 Å². The van der Waals surface area contributed by atoms with Gasteiger partial charge in [-0.05, 0) is 36.5 Å². The molecule has 1 amide bonds. The van der Waals surface area contributed by atoms with E-state index in [0.29, 0.717) is 42.2 Å².